The van der Waals surface area contributed by atoms with Gasteiger partial charge in [0.2, 0.25) is 0 Å². The Bertz CT molecular complexity index is 312. The van der Waals surface area contributed by atoms with Crippen molar-refractivity contribution in [2.75, 3.05) is 0 Å². The van der Waals surface area contributed by atoms with Crippen LogP contribution in [0.25, 0.3) is 0 Å². The minimum absolute atomic E-state index is 0. The van der Waals surface area contributed by atoms with Crippen molar-refractivity contribution in [3.05, 3.63) is 35.4 Å². The molecule has 0 aliphatic carbocycles. The van der Waals surface area contributed by atoms with Crippen LogP contribution in [0, 0.1) is 0 Å². The summed E-state index contributed by atoms with van der Waals surface area (Å²) in [5, 5.41) is 17.1. The molecule has 0 aliphatic heterocycles. The first-order valence-corrected chi connectivity index (χ1v) is 3.18. The Morgan fingerprint density at radius 2 is 1.29 bits per heavy atom. The van der Waals surface area contributed by atoms with E-state index in [0.717, 1.165) is 0 Å². The molecule has 0 saturated carbocycles. The van der Waals surface area contributed by atoms with Crippen molar-refractivity contribution in [3.63, 3.8) is 0 Å². The van der Waals surface area contributed by atoms with Gasteiger partial charge in [0.1, 0.15) is 0 Å². The van der Waals surface area contributed by atoms with Crippen molar-refractivity contribution >= 4 is 11.9 Å². The maximum atomic E-state index is 10.5. The van der Waals surface area contributed by atoms with E-state index in [2.05, 4.69) is 0 Å². The molecule has 1 rings (SSSR count). The van der Waals surface area contributed by atoms with Gasteiger partial charge in [-0.3, -0.25) is 0 Å². The molecule has 0 bridgehead atoms. The number of aromatic carboxylic acids is 2. The van der Waals surface area contributed by atoms with E-state index in [1.54, 1.807) is 0 Å². The second-order valence-electron chi connectivity index (χ2n) is 2.16. The molecule has 0 fully saturated rings. The maximum Gasteiger partial charge on any atom is 1.00 e. The van der Waals surface area contributed by atoms with Crippen LogP contribution in [-0.2, 0) is 22.4 Å². The fourth-order valence-electron chi connectivity index (χ4n) is 0.856. The largest absolute Gasteiger partial charge is 1.00 e. The fourth-order valence-corrected chi connectivity index (χ4v) is 0.856. The van der Waals surface area contributed by atoms with E-state index < -0.39 is 11.9 Å². The maximum absolute atomic E-state index is 10.5. The fraction of sp³-hybridized carbons (Fsp3) is 0. The predicted octanol–water partition coefficient (Wildman–Crippen LogP) is -1.80. The van der Waals surface area contributed by atoms with Gasteiger partial charge < -0.3 is 11.6 Å². The van der Waals surface area contributed by atoms with Crippen molar-refractivity contribution in [3.8, 4) is 0 Å². The first-order chi connectivity index (χ1) is 5.63. The SMILES string of the molecule is O=C(O)c1ccccc1C(=O)O.[H-].[K+].[Nb]. The molecule has 1 aromatic rings. The molecule has 0 amide bonds. The van der Waals surface area contributed by atoms with E-state index in [1.807, 2.05) is 0 Å². The van der Waals surface area contributed by atoms with Gasteiger partial charge in [-0.25, -0.2) is 9.59 Å². The van der Waals surface area contributed by atoms with Crippen LogP contribution in [0.5, 0.6) is 0 Å². The molecule has 0 heterocycles. The van der Waals surface area contributed by atoms with Crippen LogP contribution in [0.15, 0.2) is 24.3 Å². The summed E-state index contributed by atoms with van der Waals surface area (Å²) in [5.74, 6) is -2.46. The van der Waals surface area contributed by atoms with Crippen LogP contribution in [0.2, 0.25) is 0 Å². The number of benzene rings is 1. The molecule has 4 nitrogen and oxygen atoms in total. The first-order valence-electron chi connectivity index (χ1n) is 3.18. The average molecular weight is 299 g/mol. The molecular formula is C8H7KNbO4. The number of carboxylic acids is 2. The summed E-state index contributed by atoms with van der Waals surface area (Å²) >= 11 is 0. The first kappa shape index (κ1) is 16.9. The van der Waals surface area contributed by atoms with Gasteiger partial charge in [-0.05, 0) is 12.1 Å². The van der Waals surface area contributed by atoms with Crippen LogP contribution in [0.4, 0.5) is 0 Å². The summed E-state index contributed by atoms with van der Waals surface area (Å²) in [5.41, 5.74) is -0.380. The van der Waals surface area contributed by atoms with E-state index in [9.17, 15) is 9.59 Å². The number of carbonyl (C=O) groups is 2. The zero-order valence-electron chi connectivity index (χ0n) is 8.47. The van der Waals surface area contributed by atoms with Gasteiger partial charge in [-0.15, -0.1) is 0 Å². The summed E-state index contributed by atoms with van der Waals surface area (Å²) in [4.78, 5) is 20.9. The Hall–Kier alpha value is 0.537. The van der Waals surface area contributed by atoms with E-state index in [4.69, 9.17) is 10.2 Å². The van der Waals surface area contributed by atoms with Gasteiger partial charge in [0.15, 0.2) is 0 Å². The van der Waals surface area contributed by atoms with Crippen molar-refractivity contribution in [2.45, 2.75) is 0 Å². The summed E-state index contributed by atoms with van der Waals surface area (Å²) in [7, 11) is 0. The second kappa shape index (κ2) is 7.78. The third-order valence-electron chi connectivity index (χ3n) is 1.39. The van der Waals surface area contributed by atoms with Gasteiger partial charge in [0.25, 0.3) is 0 Å². The summed E-state index contributed by atoms with van der Waals surface area (Å²) in [6.45, 7) is 0. The molecule has 14 heavy (non-hydrogen) atoms. The van der Waals surface area contributed by atoms with Crippen molar-refractivity contribution in [1.82, 2.24) is 0 Å². The van der Waals surface area contributed by atoms with Gasteiger partial charge in [0, 0.05) is 22.4 Å². The van der Waals surface area contributed by atoms with Gasteiger partial charge in [-0.1, -0.05) is 12.1 Å². The molecule has 0 aromatic heterocycles. The summed E-state index contributed by atoms with van der Waals surface area (Å²) in [6.07, 6.45) is 0. The van der Waals surface area contributed by atoms with E-state index in [-0.39, 0.29) is 86.3 Å². The number of hydrogen-bond acceptors (Lipinski definition) is 2. The van der Waals surface area contributed by atoms with Gasteiger partial charge in [-0.2, -0.15) is 0 Å². The third-order valence-corrected chi connectivity index (χ3v) is 1.39. The third kappa shape index (κ3) is 4.37. The predicted molar refractivity (Wildman–Crippen MR) is 41.5 cm³/mol. The Balaban J connectivity index is -0.000000480. The molecular weight excluding hydrogens is 292 g/mol. The molecule has 0 unspecified atom stereocenters. The molecule has 1 aromatic carbocycles. The summed E-state index contributed by atoms with van der Waals surface area (Å²) in [6, 6.07) is 5.48. The van der Waals surface area contributed by atoms with Crippen molar-refractivity contribution in [1.29, 1.82) is 0 Å². The van der Waals surface area contributed by atoms with Gasteiger partial charge >= 0.3 is 63.3 Å². The standard InChI is InChI=1S/C8H6O4.K.Nb.H/c9-7(10)5-3-1-2-4-6(5)8(11)12;;;/h1-4H,(H,9,10)(H,11,12);;;/q;+1;;-1. The molecule has 6 heteroatoms. The van der Waals surface area contributed by atoms with E-state index in [1.165, 1.54) is 24.3 Å². The number of carboxylic acid groups (broad SMARTS) is 2. The Labute approximate surface area is 140 Å². The zero-order chi connectivity index (χ0) is 9.14. The molecule has 0 saturated heterocycles. The Morgan fingerprint density at radius 1 is 1.00 bits per heavy atom. The van der Waals surface area contributed by atoms with Crippen molar-refractivity contribution in [2.24, 2.45) is 0 Å². The van der Waals surface area contributed by atoms with Crippen LogP contribution in [-0.4, -0.2) is 22.2 Å². The van der Waals surface area contributed by atoms with Gasteiger partial charge in [0.05, 0.1) is 11.1 Å². The molecule has 0 atom stereocenters. The topological polar surface area (TPSA) is 74.6 Å². The molecule has 69 valence electrons. The number of rotatable bonds is 2. The smallest absolute Gasteiger partial charge is 1.00 e. The minimum atomic E-state index is -1.23. The van der Waals surface area contributed by atoms with Crippen LogP contribution in [0.1, 0.15) is 22.1 Å². The van der Waals surface area contributed by atoms with Crippen molar-refractivity contribution < 1.29 is 95.0 Å². The average Bonchev–Trinajstić information content (AvgIpc) is 2.04. The Morgan fingerprint density at radius 3 is 1.50 bits per heavy atom. The molecule has 1 radical (unpaired) electrons. The normalized spacial score (nSPS) is 8.00. The number of hydrogen-bond donors (Lipinski definition) is 2. The second-order valence-corrected chi connectivity index (χ2v) is 2.16. The van der Waals surface area contributed by atoms with Crippen LogP contribution in [0.3, 0.4) is 0 Å². The van der Waals surface area contributed by atoms with E-state index >= 15 is 0 Å². The molecule has 0 aliphatic rings. The summed E-state index contributed by atoms with van der Waals surface area (Å²) < 4.78 is 0. The zero-order valence-corrected chi connectivity index (χ0v) is 12.8. The minimum Gasteiger partial charge on any atom is -1.00 e. The van der Waals surface area contributed by atoms with Crippen LogP contribution >= 0.6 is 0 Å². The molecule has 0 spiro atoms. The monoisotopic (exact) mass is 299 g/mol. The Kier molecular flexibility index (Phi) is 9.42. The van der Waals surface area contributed by atoms with E-state index in [0.29, 0.717) is 0 Å². The molecule has 2 N–H and O–H groups in total. The van der Waals surface area contributed by atoms with Crippen LogP contribution < -0.4 is 51.4 Å². The quantitative estimate of drug-likeness (QED) is 0.632.